The van der Waals surface area contributed by atoms with Crippen LogP contribution in [0.1, 0.15) is 41.4 Å². The number of esters is 1. The standard InChI is InChI=1S/C26H25N3O6S/c1-5-35-25(33)21-15(3)28-26-29(22(21)16-8-6-9-17(12-16)34-4)23(30)20(36-26)13-27-19-11-7-10-18(14(19)2)24(31)32/h6-13,22,27H,5H2,1-4H3,(H,31,32)/b20-13-/t22-/m0/s1. The first-order valence-corrected chi connectivity index (χ1v) is 12.0. The van der Waals surface area contributed by atoms with Gasteiger partial charge in [0.1, 0.15) is 10.3 Å². The van der Waals surface area contributed by atoms with Crippen molar-refractivity contribution in [2.75, 3.05) is 19.0 Å². The number of methoxy groups -OCH3 is 1. The Kier molecular flexibility index (Phi) is 7.07. The van der Waals surface area contributed by atoms with Gasteiger partial charge in [-0.3, -0.25) is 9.36 Å². The van der Waals surface area contributed by atoms with Gasteiger partial charge in [-0.1, -0.05) is 29.5 Å². The molecule has 0 amide bonds. The first-order chi connectivity index (χ1) is 17.3. The van der Waals surface area contributed by atoms with Crippen molar-refractivity contribution >= 4 is 35.2 Å². The van der Waals surface area contributed by atoms with Gasteiger partial charge in [-0.15, -0.1) is 0 Å². The van der Waals surface area contributed by atoms with E-state index < -0.39 is 18.0 Å². The molecule has 4 rings (SSSR count). The van der Waals surface area contributed by atoms with E-state index in [4.69, 9.17) is 9.47 Å². The average molecular weight is 508 g/mol. The minimum absolute atomic E-state index is 0.169. The predicted molar refractivity (Wildman–Crippen MR) is 136 cm³/mol. The van der Waals surface area contributed by atoms with Crippen LogP contribution in [0.4, 0.5) is 5.69 Å². The first-order valence-electron chi connectivity index (χ1n) is 11.2. The molecule has 2 N–H and O–H groups in total. The van der Waals surface area contributed by atoms with E-state index in [2.05, 4.69) is 10.3 Å². The number of carboxylic acid groups (broad SMARTS) is 1. The fraction of sp³-hybridized carbons (Fsp3) is 0.231. The molecule has 3 aromatic rings. The maximum absolute atomic E-state index is 13.6. The zero-order valence-corrected chi connectivity index (χ0v) is 21.0. The molecule has 1 aromatic heterocycles. The molecule has 0 bridgehead atoms. The molecule has 10 heteroatoms. The van der Waals surface area contributed by atoms with Crippen molar-refractivity contribution in [3.05, 3.63) is 90.1 Å². The third kappa shape index (κ3) is 4.55. The molecule has 0 unspecified atom stereocenters. The molecule has 0 saturated carbocycles. The lowest BCUT2D eigenvalue weighted by atomic mass is 9.95. The number of fused-ring (bicyclic) bond motifs is 1. The zero-order chi connectivity index (χ0) is 26.0. The normalized spacial score (nSPS) is 15.2. The van der Waals surface area contributed by atoms with Gasteiger partial charge < -0.3 is 19.9 Å². The molecule has 0 spiro atoms. The topological polar surface area (TPSA) is 119 Å². The maximum atomic E-state index is 13.6. The van der Waals surface area contributed by atoms with Crippen LogP contribution in [-0.2, 0) is 9.53 Å². The van der Waals surface area contributed by atoms with E-state index in [-0.39, 0.29) is 23.3 Å². The van der Waals surface area contributed by atoms with Crippen molar-refractivity contribution in [2.24, 2.45) is 4.99 Å². The Labute approximate surface area is 210 Å². The van der Waals surface area contributed by atoms with Gasteiger partial charge in [0.15, 0.2) is 4.80 Å². The minimum Gasteiger partial charge on any atom is -0.497 e. The molecule has 0 aliphatic carbocycles. The number of aromatic nitrogens is 1. The number of aromatic carboxylic acids is 1. The molecule has 1 aliphatic rings. The summed E-state index contributed by atoms with van der Waals surface area (Å²) in [5.74, 6) is -0.987. The molecule has 0 radical (unpaired) electrons. The van der Waals surface area contributed by atoms with E-state index in [1.54, 1.807) is 58.2 Å². The summed E-state index contributed by atoms with van der Waals surface area (Å²) in [6.45, 7) is 5.31. The van der Waals surface area contributed by atoms with Crippen LogP contribution < -0.4 is 24.9 Å². The van der Waals surface area contributed by atoms with E-state index >= 15 is 0 Å². The number of carbonyl (C=O) groups is 2. The van der Waals surface area contributed by atoms with Crippen LogP contribution in [0.2, 0.25) is 0 Å². The highest BCUT2D eigenvalue weighted by Gasteiger charge is 2.33. The van der Waals surface area contributed by atoms with Gasteiger partial charge in [-0.25, -0.2) is 14.6 Å². The van der Waals surface area contributed by atoms with Gasteiger partial charge in [0.25, 0.3) is 5.56 Å². The van der Waals surface area contributed by atoms with E-state index in [0.717, 1.165) is 0 Å². The minimum atomic E-state index is -1.03. The summed E-state index contributed by atoms with van der Waals surface area (Å²) in [4.78, 5) is 43.0. The summed E-state index contributed by atoms with van der Waals surface area (Å²) in [5.41, 5.74) is 2.35. The molecule has 0 fully saturated rings. The van der Waals surface area contributed by atoms with Gasteiger partial charge in [0.05, 0.1) is 36.6 Å². The van der Waals surface area contributed by atoms with Crippen molar-refractivity contribution < 1.29 is 24.2 Å². The van der Waals surface area contributed by atoms with Crippen LogP contribution in [0, 0.1) is 6.92 Å². The zero-order valence-electron chi connectivity index (χ0n) is 20.2. The summed E-state index contributed by atoms with van der Waals surface area (Å²) >= 11 is 1.17. The molecule has 36 heavy (non-hydrogen) atoms. The predicted octanol–water partition coefficient (Wildman–Crippen LogP) is 2.83. The highest BCUT2D eigenvalue weighted by Crippen LogP contribution is 2.32. The molecule has 1 atom stereocenters. The van der Waals surface area contributed by atoms with Crippen LogP contribution in [0.5, 0.6) is 5.75 Å². The lowest BCUT2D eigenvalue weighted by Crippen LogP contribution is -2.40. The number of nitrogens with zero attached hydrogens (tertiary/aromatic N) is 2. The molecular weight excluding hydrogens is 482 g/mol. The number of nitrogens with one attached hydrogen (secondary N) is 1. The Morgan fingerprint density at radius 1 is 1.22 bits per heavy atom. The number of thiazole rings is 1. The van der Waals surface area contributed by atoms with Crippen molar-refractivity contribution in [1.82, 2.24) is 4.57 Å². The second-order valence-electron chi connectivity index (χ2n) is 8.01. The number of allylic oxidation sites excluding steroid dienone is 1. The maximum Gasteiger partial charge on any atom is 0.338 e. The molecule has 2 heterocycles. The van der Waals surface area contributed by atoms with Crippen LogP contribution in [0.15, 0.2) is 63.5 Å². The van der Waals surface area contributed by atoms with Gasteiger partial charge in [-0.2, -0.15) is 0 Å². The third-order valence-corrected chi connectivity index (χ3v) is 6.83. The molecule has 1 aliphatic heterocycles. The number of rotatable bonds is 7. The summed E-state index contributed by atoms with van der Waals surface area (Å²) < 4.78 is 12.5. The Bertz CT molecular complexity index is 1570. The van der Waals surface area contributed by atoms with E-state index in [9.17, 15) is 19.5 Å². The Hall–Kier alpha value is -4.18. The molecule has 0 saturated heterocycles. The smallest absolute Gasteiger partial charge is 0.338 e. The van der Waals surface area contributed by atoms with Crippen molar-refractivity contribution in [3.63, 3.8) is 0 Å². The fourth-order valence-electron chi connectivity index (χ4n) is 4.09. The second kappa shape index (κ2) is 10.2. The third-order valence-electron chi connectivity index (χ3n) is 5.85. The van der Waals surface area contributed by atoms with Gasteiger partial charge in [-0.05, 0) is 56.2 Å². The lowest BCUT2D eigenvalue weighted by molar-refractivity contribution is -0.139. The highest BCUT2D eigenvalue weighted by atomic mass is 32.1. The van der Waals surface area contributed by atoms with Gasteiger partial charge >= 0.3 is 11.9 Å². The Morgan fingerprint density at radius 3 is 2.67 bits per heavy atom. The SMILES string of the molecule is CCOC(=O)C1=C(C)N=c2s/c(=C\Nc3cccc(C(=O)O)c3C)c(=O)n2[C@H]1c1cccc(OC)c1. The molecule has 9 nitrogen and oxygen atoms in total. The summed E-state index contributed by atoms with van der Waals surface area (Å²) in [7, 11) is 1.55. The average Bonchev–Trinajstić information content (AvgIpc) is 3.17. The number of carboxylic acids is 1. The summed E-state index contributed by atoms with van der Waals surface area (Å²) in [6.07, 6.45) is 1.53. The number of carbonyl (C=O) groups excluding carboxylic acids is 1. The van der Waals surface area contributed by atoms with Gasteiger partial charge in [0, 0.05) is 11.9 Å². The number of benzene rings is 2. The molecule has 186 valence electrons. The number of hydrogen-bond donors (Lipinski definition) is 2. The van der Waals surface area contributed by atoms with E-state index in [1.165, 1.54) is 28.2 Å². The number of ether oxygens (including phenoxy) is 2. The van der Waals surface area contributed by atoms with E-state index in [0.29, 0.717) is 37.6 Å². The van der Waals surface area contributed by atoms with Crippen LogP contribution in [0.3, 0.4) is 0 Å². The van der Waals surface area contributed by atoms with E-state index in [1.807, 2.05) is 6.07 Å². The van der Waals surface area contributed by atoms with Gasteiger partial charge in [0.2, 0.25) is 0 Å². The monoisotopic (exact) mass is 507 g/mol. The fourth-order valence-corrected chi connectivity index (χ4v) is 5.05. The van der Waals surface area contributed by atoms with Crippen molar-refractivity contribution in [3.8, 4) is 5.75 Å². The first kappa shape index (κ1) is 24.9. The van der Waals surface area contributed by atoms with Crippen LogP contribution in [-0.4, -0.2) is 35.3 Å². The van der Waals surface area contributed by atoms with Crippen LogP contribution in [0.25, 0.3) is 6.20 Å². The summed E-state index contributed by atoms with van der Waals surface area (Å²) in [5, 5.41) is 12.4. The molecule has 2 aromatic carbocycles. The Balaban J connectivity index is 1.87. The van der Waals surface area contributed by atoms with Crippen LogP contribution >= 0.6 is 11.3 Å². The summed E-state index contributed by atoms with van der Waals surface area (Å²) in [6, 6.07) is 11.3. The Morgan fingerprint density at radius 2 is 1.97 bits per heavy atom. The van der Waals surface area contributed by atoms with Crippen molar-refractivity contribution in [2.45, 2.75) is 26.8 Å². The second-order valence-corrected chi connectivity index (χ2v) is 9.02. The largest absolute Gasteiger partial charge is 0.497 e. The quantitative estimate of drug-likeness (QED) is 0.472. The molecular formula is C26H25N3O6S. The van der Waals surface area contributed by atoms with Crippen molar-refractivity contribution in [1.29, 1.82) is 0 Å². The highest BCUT2D eigenvalue weighted by molar-refractivity contribution is 7.07. The number of anilines is 1. The lowest BCUT2D eigenvalue weighted by Gasteiger charge is -2.24. The number of hydrogen-bond acceptors (Lipinski definition) is 8.